The Morgan fingerprint density at radius 3 is 2.76 bits per heavy atom. The molecule has 0 aromatic heterocycles. The molecule has 0 amide bonds. The molecule has 0 spiro atoms. The number of nitrogens with one attached hydrogen (secondary N) is 1. The van der Waals surface area contributed by atoms with Crippen LogP contribution in [0.3, 0.4) is 0 Å². The Labute approximate surface area is 112 Å². The summed E-state index contributed by atoms with van der Waals surface area (Å²) in [5.74, 6) is 6.91. The summed E-state index contributed by atoms with van der Waals surface area (Å²) in [5, 5.41) is 3.43. The minimum atomic E-state index is 0.273. The predicted octanol–water partition coefficient (Wildman–Crippen LogP) is 3.52. The number of methoxy groups -OCH3 is 1. The molecule has 1 aromatic rings. The van der Waals surface area contributed by atoms with Crippen molar-refractivity contribution in [2.24, 2.45) is 0 Å². The lowest BCUT2D eigenvalue weighted by atomic mass is 10.0. The van der Waals surface area contributed by atoms with Crippen molar-refractivity contribution in [3.05, 3.63) is 28.2 Å². The van der Waals surface area contributed by atoms with E-state index in [1.54, 1.807) is 7.11 Å². The number of benzene rings is 1. The fourth-order valence-electron chi connectivity index (χ4n) is 1.66. The third kappa shape index (κ3) is 4.07. The topological polar surface area (TPSA) is 21.3 Å². The van der Waals surface area contributed by atoms with Crippen molar-refractivity contribution >= 4 is 15.9 Å². The summed E-state index contributed by atoms with van der Waals surface area (Å²) in [4.78, 5) is 0. The van der Waals surface area contributed by atoms with Crippen LogP contribution in [-0.2, 0) is 0 Å². The first-order chi connectivity index (χ1) is 8.22. The second-order valence-corrected chi connectivity index (χ2v) is 4.49. The lowest BCUT2D eigenvalue weighted by Crippen LogP contribution is -2.20. The predicted molar refractivity (Wildman–Crippen MR) is 75.2 cm³/mol. The Balaban J connectivity index is 2.92. The number of hydrogen-bond donors (Lipinski definition) is 1. The van der Waals surface area contributed by atoms with Gasteiger partial charge < -0.3 is 10.1 Å². The maximum Gasteiger partial charge on any atom is 0.133 e. The van der Waals surface area contributed by atoms with Crippen molar-refractivity contribution in [3.8, 4) is 17.6 Å². The Hall–Kier alpha value is -0.980. The van der Waals surface area contributed by atoms with Gasteiger partial charge in [-0.3, -0.25) is 0 Å². The molecule has 0 heterocycles. The summed E-state index contributed by atoms with van der Waals surface area (Å²) >= 11 is 3.51. The highest BCUT2D eigenvalue weighted by atomic mass is 79.9. The molecule has 0 radical (unpaired) electrons. The van der Waals surface area contributed by atoms with E-state index in [1.807, 2.05) is 13.0 Å². The van der Waals surface area contributed by atoms with Crippen molar-refractivity contribution in [1.29, 1.82) is 0 Å². The first-order valence-electron chi connectivity index (χ1n) is 5.69. The molecular weight excluding hydrogens is 278 g/mol. The van der Waals surface area contributed by atoms with Crippen LogP contribution in [0, 0.1) is 11.8 Å². The van der Waals surface area contributed by atoms with Crippen molar-refractivity contribution < 1.29 is 4.74 Å². The SMILES string of the molecule is CC#CCC(NCC)c1ccc(OC)c(Br)c1. The largest absolute Gasteiger partial charge is 0.496 e. The van der Waals surface area contributed by atoms with Crippen LogP contribution < -0.4 is 10.1 Å². The van der Waals surface area contributed by atoms with E-state index < -0.39 is 0 Å². The average molecular weight is 296 g/mol. The Kier molecular flexibility index (Phi) is 6.10. The first kappa shape index (κ1) is 14.1. The molecule has 1 atom stereocenters. The fraction of sp³-hybridized carbons (Fsp3) is 0.429. The van der Waals surface area contributed by atoms with Crippen LogP contribution in [0.5, 0.6) is 5.75 Å². The Morgan fingerprint density at radius 2 is 2.24 bits per heavy atom. The van der Waals surface area contributed by atoms with Gasteiger partial charge in [0.05, 0.1) is 11.6 Å². The van der Waals surface area contributed by atoms with E-state index in [4.69, 9.17) is 4.74 Å². The second kappa shape index (κ2) is 7.37. The minimum Gasteiger partial charge on any atom is -0.496 e. The highest BCUT2D eigenvalue weighted by Gasteiger charge is 2.10. The molecule has 1 rings (SSSR count). The van der Waals surface area contributed by atoms with E-state index in [2.05, 4.69) is 52.1 Å². The summed E-state index contributed by atoms with van der Waals surface area (Å²) in [6, 6.07) is 6.41. The molecule has 0 bridgehead atoms. The van der Waals surface area contributed by atoms with Crippen molar-refractivity contribution in [2.75, 3.05) is 13.7 Å². The van der Waals surface area contributed by atoms with Crippen LogP contribution in [0.1, 0.15) is 31.9 Å². The van der Waals surface area contributed by atoms with E-state index in [1.165, 1.54) is 5.56 Å². The van der Waals surface area contributed by atoms with Gasteiger partial charge in [-0.15, -0.1) is 11.8 Å². The van der Waals surface area contributed by atoms with E-state index in [9.17, 15) is 0 Å². The fourth-order valence-corrected chi connectivity index (χ4v) is 2.22. The third-order valence-corrected chi connectivity index (χ3v) is 3.13. The molecule has 0 aliphatic carbocycles. The molecule has 0 aliphatic heterocycles. The lowest BCUT2D eigenvalue weighted by Gasteiger charge is -2.16. The van der Waals surface area contributed by atoms with Gasteiger partial charge in [-0.1, -0.05) is 13.0 Å². The third-order valence-electron chi connectivity index (χ3n) is 2.51. The maximum absolute atomic E-state index is 5.23. The van der Waals surface area contributed by atoms with E-state index in [0.717, 1.165) is 23.2 Å². The molecule has 1 unspecified atom stereocenters. The number of halogens is 1. The smallest absolute Gasteiger partial charge is 0.133 e. The van der Waals surface area contributed by atoms with Gasteiger partial charge in [-0.2, -0.15) is 0 Å². The number of hydrogen-bond acceptors (Lipinski definition) is 2. The standard InChI is InChI=1S/C14H18BrNO/c1-4-6-7-13(16-5-2)11-8-9-14(17-3)12(15)10-11/h8-10,13,16H,5,7H2,1-3H3. The van der Waals surface area contributed by atoms with Crippen LogP contribution in [0.4, 0.5) is 0 Å². The minimum absolute atomic E-state index is 0.273. The average Bonchev–Trinajstić information content (AvgIpc) is 2.34. The zero-order chi connectivity index (χ0) is 12.7. The van der Waals surface area contributed by atoms with Gasteiger partial charge >= 0.3 is 0 Å². The normalized spacial score (nSPS) is 11.5. The van der Waals surface area contributed by atoms with Crippen LogP contribution in [-0.4, -0.2) is 13.7 Å². The zero-order valence-electron chi connectivity index (χ0n) is 10.5. The van der Waals surface area contributed by atoms with Crippen molar-refractivity contribution in [2.45, 2.75) is 26.3 Å². The van der Waals surface area contributed by atoms with Gasteiger partial charge in [0, 0.05) is 12.5 Å². The molecule has 1 aromatic carbocycles. The lowest BCUT2D eigenvalue weighted by molar-refractivity contribution is 0.411. The molecule has 1 N–H and O–H groups in total. The second-order valence-electron chi connectivity index (χ2n) is 3.64. The zero-order valence-corrected chi connectivity index (χ0v) is 12.1. The summed E-state index contributed by atoms with van der Waals surface area (Å²) in [5.41, 5.74) is 1.22. The molecular formula is C14H18BrNO. The van der Waals surface area contributed by atoms with Crippen LogP contribution >= 0.6 is 15.9 Å². The van der Waals surface area contributed by atoms with E-state index in [0.29, 0.717) is 0 Å². The monoisotopic (exact) mass is 295 g/mol. The van der Waals surface area contributed by atoms with Crippen LogP contribution in [0.15, 0.2) is 22.7 Å². The summed E-state index contributed by atoms with van der Waals surface area (Å²) < 4.78 is 6.20. The molecule has 0 fully saturated rings. The van der Waals surface area contributed by atoms with Crippen molar-refractivity contribution in [3.63, 3.8) is 0 Å². The van der Waals surface area contributed by atoms with Gasteiger partial charge in [0.25, 0.3) is 0 Å². The molecule has 2 nitrogen and oxygen atoms in total. The van der Waals surface area contributed by atoms with Crippen LogP contribution in [0.2, 0.25) is 0 Å². The first-order valence-corrected chi connectivity index (χ1v) is 6.48. The van der Waals surface area contributed by atoms with Gasteiger partial charge in [0.2, 0.25) is 0 Å². The van der Waals surface area contributed by atoms with Gasteiger partial charge in [0.1, 0.15) is 5.75 Å². The molecule has 0 saturated carbocycles. The van der Waals surface area contributed by atoms with Crippen LogP contribution in [0.25, 0.3) is 0 Å². The highest BCUT2D eigenvalue weighted by molar-refractivity contribution is 9.10. The van der Waals surface area contributed by atoms with Crippen molar-refractivity contribution in [1.82, 2.24) is 5.32 Å². The quantitative estimate of drug-likeness (QED) is 0.839. The summed E-state index contributed by atoms with van der Waals surface area (Å²) in [6.07, 6.45) is 0.823. The molecule has 0 aliphatic rings. The van der Waals surface area contributed by atoms with Gasteiger partial charge in [0.15, 0.2) is 0 Å². The summed E-state index contributed by atoms with van der Waals surface area (Å²) in [7, 11) is 1.67. The van der Waals surface area contributed by atoms with E-state index >= 15 is 0 Å². The summed E-state index contributed by atoms with van der Waals surface area (Å²) in [6.45, 7) is 4.90. The molecule has 3 heteroatoms. The molecule has 0 saturated heterocycles. The highest BCUT2D eigenvalue weighted by Crippen LogP contribution is 2.28. The number of rotatable bonds is 5. The van der Waals surface area contributed by atoms with Gasteiger partial charge in [-0.05, 0) is 47.1 Å². The Bertz CT molecular complexity index is 420. The Morgan fingerprint density at radius 1 is 1.47 bits per heavy atom. The van der Waals surface area contributed by atoms with E-state index in [-0.39, 0.29) is 6.04 Å². The maximum atomic E-state index is 5.23. The molecule has 17 heavy (non-hydrogen) atoms. The number of ether oxygens (including phenoxy) is 1. The molecule has 92 valence electrons. The van der Waals surface area contributed by atoms with Gasteiger partial charge in [-0.25, -0.2) is 0 Å².